The average molecular weight is 462 g/mol. The summed E-state index contributed by atoms with van der Waals surface area (Å²) in [5.74, 6) is 1.32. The van der Waals surface area contributed by atoms with Gasteiger partial charge in [-0.1, -0.05) is 24.7 Å². The molecule has 11 heteroatoms. The molecule has 3 rings (SSSR count). The van der Waals surface area contributed by atoms with E-state index in [1.165, 1.54) is 43.2 Å². The fourth-order valence-corrected chi connectivity index (χ4v) is 4.05. The molecule has 0 spiro atoms. The van der Waals surface area contributed by atoms with E-state index >= 15 is 0 Å². The van der Waals surface area contributed by atoms with Gasteiger partial charge in [0.2, 0.25) is 21.7 Å². The van der Waals surface area contributed by atoms with Crippen molar-refractivity contribution in [2.24, 2.45) is 0 Å². The molecule has 0 fully saturated rings. The molecular formula is C21H27N5O5S. The van der Waals surface area contributed by atoms with E-state index in [-0.39, 0.29) is 24.6 Å². The molecule has 3 aromatic rings. The fourth-order valence-electron chi connectivity index (χ4n) is 3.16. The predicted molar refractivity (Wildman–Crippen MR) is 122 cm³/mol. The smallest absolute Gasteiger partial charge is 0.275 e. The summed E-state index contributed by atoms with van der Waals surface area (Å²) in [6, 6.07) is 5.07. The van der Waals surface area contributed by atoms with Gasteiger partial charge in [0.15, 0.2) is 11.5 Å². The Kier molecular flexibility index (Phi) is 7.52. The zero-order valence-corrected chi connectivity index (χ0v) is 19.6. The molecule has 0 aliphatic heterocycles. The zero-order valence-electron chi connectivity index (χ0n) is 18.8. The highest BCUT2D eigenvalue weighted by Crippen LogP contribution is 2.38. The maximum atomic E-state index is 12.5. The lowest BCUT2D eigenvalue weighted by molar-refractivity contribution is -0.119. The van der Waals surface area contributed by atoms with Gasteiger partial charge in [0.1, 0.15) is 0 Å². The number of carbonyl (C=O) groups is 1. The topological polar surface area (TPSA) is 107 Å². The third-order valence-corrected chi connectivity index (χ3v) is 5.74. The summed E-state index contributed by atoms with van der Waals surface area (Å²) < 4.78 is 17.3. The molecule has 0 saturated heterocycles. The van der Waals surface area contributed by atoms with Crippen LogP contribution in [0.15, 0.2) is 23.0 Å². The first-order valence-electron chi connectivity index (χ1n) is 10.1. The lowest BCUT2D eigenvalue weighted by Gasteiger charge is -2.16. The van der Waals surface area contributed by atoms with Gasteiger partial charge in [0, 0.05) is 25.4 Å². The number of rotatable bonds is 10. The van der Waals surface area contributed by atoms with Crippen LogP contribution in [0.4, 0.5) is 5.13 Å². The third kappa shape index (κ3) is 5.10. The molecule has 2 aromatic heterocycles. The SMILES string of the molecule is CCCc1cc(=O)n2nc(N(C)CC(=O)NCc3cc(OC)c(OC)c(OC)c3)sc2n1. The largest absolute Gasteiger partial charge is 0.493 e. The molecule has 1 aromatic carbocycles. The van der Waals surface area contributed by atoms with Gasteiger partial charge >= 0.3 is 0 Å². The highest BCUT2D eigenvalue weighted by Gasteiger charge is 2.16. The number of aromatic nitrogens is 3. The Morgan fingerprint density at radius 3 is 2.44 bits per heavy atom. The van der Waals surface area contributed by atoms with Crippen LogP contribution in [0.25, 0.3) is 4.96 Å². The molecule has 32 heavy (non-hydrogen) atoms. The second kappa shape index (κ2) is 10.3. The minimum absolute atomic E-state index is 0.0703. The number of fused-ring (bicyclic) bond motifs is 1. The van der Waals surface area contributed by atoms with Gasteiger partial charge in [0.25, 0.3) is 5.56 Å². The van der Waals surface area contributed by atoms with Gasteiger partial charge < -0.3 is 24.4 Å². The van der Waals surface area contributed by atoms with Crippen molar-refractivity contribution in [1.29, 1.82) is 0 Å². The summed E-state index contributed by atoms with van der Waals surface area (Å²) in [6.07, 6.45) is 1.64. The predicted octanol–water partition coefficient (Wildman–Crippen LogP) is 1.88. The van der Waals surface area contributed by atoms with Crippen molar-refractivity contribution >= 4 is 27.3 Å². The zero-order chi connectivity index (χ0) is 23.3. The Balaban J connectivity index is 1.67. The number of benzene rings is 1. The summed E-state index contributed by atoms with van der Waals surface area (Å²) in [7, 11) is 6.36. The van der Waals surface area contributed by atoms with Gasteiger partial charge in [0.05, 0.1) is 27.9 Å². The number of methoxy groups -OCH3 is 3. The Bertz CT molecular complexity index is 1130. The van der Waals surface area contributed by atoms with Crippen LogP contribution in [-0.2, 0) is 17.8 Å². The molecule has 1 N–H and O–H groups in total. The van der Waals surface area contributed by atoms with Crippen molar-refractivity contribution in [2.75, 3.05) is 39.8 Å². The molecule has 2 heterocycles. The highest BCUT2D eigenvalue weighted by molar-refractivity contribution is 7.20. The number of hydrogen-bond acceptors (Lipinski definition) is 9. The maximum Gasteiger partial charge on any atom is 0.275 e. The number of nitrogens with zero attached hydrogens (tertiary/aromatic N) is 4. The molecule has 0 aliphatic rings. The maximum absolute atomic E-state index is 12.5. The third-order valence-electron chi connectivity index (χ3n) is 4.72. The molecule has 1 amide bonds. The standard InChI is InChI=1S/C21H27N5O5S/c1-6-7-14-10-18(28)26-20(23-14)32-21(24-26)25(2)12-17(27)22-11-13-8-15(29-3)19(31-5)16(9-13)30-4/h8-10H,6-7,11-12H2,1-5H3,(H,22,27). The number of amides is 1. The van der Waals surface area contributed by atoms with Gasteiger partial charge in [-0.2, -0.15) is 4.52 Å². The molecule has 0 bridgehead atoms. The minimum Gasteiger partial charge on any atom is -0.493 e. The van der Waals surface area contributed by atoms with E-state index in [0.29, 0.717) is 27.3 Å². The van der Waals surface area contributed by atoms with Crippen LogP contribution in [0.5, 0.6) is 17.2 Å². The summed E-state index contributed by atoms with van der Waals surface area (Å²) in [5.41, 5.74) is 1.33. The summed E-state index contributed by atoms with van der Waals surface area (Å²) in [5, 5.41) is 7.71. The molecule has 0 unspecified atom stereocenters. The van der Waals surface area contributed by atoms with Crippen molar-refractivity contribution < 1.29 is 19.0 Å². The van der Waals surface area contributed by atoms with Crippen LogP contribution in [0, 0.1) is 0 Å². The van der Waals surface area contributed by atoms with E-state index in [0.717, 1.165) is 24.1 Å². The quantitative estimate of drug-likeness (QED) is 0.488. The molecule has 10 nitrogen and oxygen atoms in total. The lowest BCUT2D eigenvalue weighted by Crippen LogP contribution is -2.34. The Morgan fingerprint density at radius 1 is 1.16 bits per heavy atom. The summed E-state index contributed by atoms with van der Waals surface area (Å²) >= 11 is 1.27. The molecule has 0 aliphatic carbocycles. The fraction of sp³-hybridized carbons (Fsp3) is 0.429. The minimum atomic E-state index is -0.221. The van der Waals surface area contributed by atoms with Crippen molar-refractivity contribution in [2.45, 2.75) is 26.3 Å². The second-order valence-electron chi connectivity index (χ2n) is 7.08. The van der Waals surface area contributed by atoms with Gasteiger partial charge in [-0.25, -0.2) is 4.98 Å². The number of ether oxygens (including phenoxy) is 3. The molecule has 0 radical (unpaired) electrons. The number of likely N-dealkylation sites (N-methyl/N-ethyl adjacent to an activating group) is 1. The number of nitrogens with one attached hydrogen (secondary N) is 1. The van der Waals surface area contributed by atoms with Gasteiger partial charge in [-0.3, -0.25) is 9.59 Å². The highest BCUT2D eigenvalue weighted by atomic mass is 32.1. The molecule has 0 atom stereocenters. The van der Waals surface area contributed by atoms with Crippen LogP contribution in [-0.4, -0.2) is 55.4 Å². The number of hydrogen-bond donors (Lipinski definition) is 1. The normalized spacial score (nSPS) is 10.8. The number of anilines is 1. The van der Waals surface area contributed by atoms with Crippen molar-refractivity contribution in [3.63, 3.8) is 0 Å². The van der Waals surface area contributed by atoms with E-state index in [9.17, 15) is 9.59 Å². The van der Waals surface area contributed by atoms with Crippen LogP contribution in [0.1, 0.15) is 24.6 Å². The molecule has 0 saturated carbocycles. The Hall–Kier alpha value is -3.34. The number of aryl methyl sites for hydroxylation is 1. The van der Waals surface area contributed by atoms with Crippen LogP contribution >= 0.6 is 11.3 Å². The van der Waals surface area contributed by atoms with E-state index in [1.807, 2.05) is 6.92 Å². The number of carbonyl (C=O) groups excluding carboxylic acids is 1. The van der Waals surface area contributed by atoms with E-state index < -0.39 is 0 Å². The summed E-state index contributed by atoms with van der Waals surface area (Å²) in [4.78, 5) is 31.5. The first-order valence-corrected chi connectivity index (χ1v) is 10.9. The summed E-state index contributed by atoms with van der Waals surface area (Å²) in [6.45, 7) is 2.39. The first-order chi connectivity index (χ1) is 15.4. The second-order valence-corrected chi connectivity index (χ2v) is 8.02. The lowest BCUT2D eigenvalue weighted by atomic mass is 10.1. The van der Waals surface area contributed by atoms with Crippen LogP contribution in [0.2, 0.25) is 0 Å². The van der Waals surface area contributed by atoms with Gasteiger partial charge in [-0.15, -0.1) is 5.10 Å². The van der Waals surface area contributed by atoms with Gasteiger partial charge in [-0.05, 0) is 24.1 Å². The molecular weight excluding hydrogens is 434 g/mol. The van der Waals surface area contributed by atoms with Crippen LogP contribution < -0.4 is 30.0 Å². The van der Waals surface area contributed by atoms with E-state index in [2.05, 4.69) is 15.4 Å². The average Bonchev–Trinajstić information content (AvgIpc) is 3.22. The van der Waals surface area contributed by atoms with Crippen molar-refractivity contribution in [3.8, 4) is 17.2 Å². The first kappa shape index (κ1) is 23.3. The Morgan fingerprint density at radius 2 is 1.84 bits per heavy atom. The van der Waals surface area contributed by atoms with Crippen molar-refractivity contribution in [3.05, 3.63) is 39.8 Å². The monoisotopic (exact) mass is 461 g/mol. The van der Waals surface area contributed by atoms with E-state index in [4.69, 9.17) is 14.2 Å². The Labute approximate surface area is 189 Å². The van der Waals surface area contributed by atoms with E-state index in [1.54, 1.807) is 24.1 Å². The van der Waals surface area contributed by atoms with Crippen LogP contribution in [0.3, 0.4) is 0 Å². The van der Waals surface area contributed by atoms with Crippen molar-refractivity contribution in [1.82, 2.24) is 19.9 Å². The molecule has 172 valence electrons.